The third-order valence-corrected chi connectivity index (χ3v) is 4.50. The second-order valence-electron chi connectivity index (χ2n) is 6.09. The van der Waals surface area contributed by atoms with Crippen LogP contribution in [0.3, 0.4) is 0 Å². The molecule has 0 fully saturated rings. The summed E-state index contributed by atoms with van der Waals surface area (Å²) >= 11 is 5.83. The number of rotatable bonds is 4. The number of aromatic hydroxyl groups is 1. The molecule has 0 saturated heterocycles. The average molecular weight is 397 g/mol. The molecule has 0 aliphatic rings. The van der Waals surface area contributed by atoms with E-state index in [0.29, 0.717) is 17.8 Å². The molecule has 6 nitrogen and oxygen atoms in total. The van der Waals surface area contributed by atoms with E-state index in [9.17, 15) is 14.3 Å². The van der Waals surface area contributed by atoms with E-state index in [1.807, 2.05) is 30.3 Å². The van der Waals surface area contributed by atoms with Crippen molar-refractivity contribution < 1.29 is 14.3 Å². The van der Waals surface area contributed by atoms with Gasteiger partial charge in [-0.1, -0.05) is 41.9 Å². The summed E-state index contributed by atoms with van der Waals surface area (Å²) in [5, 5.41) is 17.0. The van der Waals surface area contributed by atoms with Gasteiger partial charge < -0.3 is 10.4 Å². The number of nitrogens with one attached hydrogen (secondary N) is 1. The maximum Gasteiger partial charge on any atom is 0.257 e. The Balaban J connectivity index is 1.68. The predicted molar refractivity (Wildman–Crippen MR) is 103 cm³/mol. The number of nitrogens with zero attached hydrogens (tertiary/aromatic N) is 3. The number of fused-ring (bicyclic) bond motifs is 1. The number of amides is 1. The molecule has 2 aromatic heterocycles. The minimum Gasteiger partial charge on any atom is -0.493 e. The van der Waals surface area contributed by atoms with Gasteiger partial charge in [-0.2, -0.15) is 9.61 Å². The quantitative estimate of drug-likeness (QED) is 0.549. The van der Waals surface area contributed by atoms with E-state index in [-0.39, 0.29) is 28.0 Å². The molecule has 0 unspecified atom stereocenters. The number of carbonyl (C=O) groups is 1. The Bertz CT molecular complexity index is 1180. The summed E-state index contributed by atoms with van der Waals surface area (Å²) in [4.78, 5) is 17.0. The van der Waals surface area contributed by atoms with Gasteiger partial charge in [-0.05, 0) is 23.8 Å². The molecule has 2 aromatic carbocycles. The fourth-order valence-electron chi connectivity index (χ4n) is 2.78. The summed E-state index contributed by atoms with van der Waals surface area (Å²) in [6.07, 6.45) is 1.34. The fourth-order valence-corrected chi connectivity index (χ4v) is 2.96. The summed E-state index contributed by atoms with van der Waals surface area (Å²) < 4.78 is 14.6. The van der Waals surface area contributed by atoms with Gasteiger partial charge in [0.15, 0.2) is 5.65 Å². The van der Waals surface area contributed by atoms with Crippen LogP contribution in [0.2, 0.25) is 5.02 Å². The highest BCUT2D eigenvalue weighted by Crippen LogP contribution is 2.27. The molecule has 4 rings (SSSR count). The first kappa shape index (κ1) is 17.9. The van der Waals surface area contributed by atoms with Gasteiger partial charge >= 0.3 is 0 Å². The molecule has 2 N–H and O–H groups in total. The van der Waals surface area contributed by atoms with Gasteiger partial charge in [-0.25, -0.2) is 9.37 Å². The molecule has 4 aromatic rings. The Hall–Kier alpha value is -3.45. The van der Waals surface area contributed by atoms with Crippen LogP contribution in [-0.4, -0.2) is 25.6 Å². The second-order valence-corrected chi connectivity index (χ2v) is 6.50. The Labute approximate surface area is 164 Å². The van der Waals surface area contributed by atoms with Crippen molar-refractivity contribution in [2.24, 2.45) is 0 Å². The largest absolute Gasteiger partial charge is 0.493 e. The molecular formula is C20H14ClFN4O2. The Morgan fingerprint density at radius 3 is 2.71 bits per heavy atom. The van der Waals surface area contributed by atoms with Crippen molar-refractivity contribution in [3.63, 3.8) is 0 Å². The minimum absolute atomic E-state index is 0.0620. The van der Waals surface area contributed by atoms with Gasteiger partial charge in [0.2, 0.25) is 5.88 Å². The van der Waals surface area contributed by atoms with Crippen LogP contribution < -0.4 is 5.32 Å². The Morgan fingerprint density at radius 2 is 1.96 bits per heavy atom. The van der Waals surface area contributed by atoms with E-state index in [1.54, 1.807) is 0 Å². The zero-order chi connectivity index (χ0) is 19.7. The van der Waals surface area contributed by atoms with Crippen LogP contribution in [0.5, 0.6) is 5.88 Å². The molecule has 140 valence electrons. The van der Waals surface area contributed by atoms with Crippen molar-refractivity contribution in [3.8, 4) is 17.1 Å². The van der Waals surface area contributed by atoms with E-state index in [2.05, 4.69) is 15.4 Å². The molecule has 0 atom stereocenters. The highest BCUT2D eigenvalue weighted by molar-refractivity contribution is 6.31. The average Bonchev–Trinajstić information content (AvgIpc) is 3.14. The van der Waals surface area contributed by atoms with Crippen LogP contribution in [0.25, 0.3) is 16.9 Å². The number of halogens is 2. The Morgan fingerprint density at radius 1 is 1.18 bits per heavy atom. The molecule has 8 heteroatoms. The summed E-state index contributed by atoms with van der Waals surface area (Å²) in [6, 6.07) is 14.9. The molecule has 2 heterocycles. The Kier molecular flexibility index (Phi) is 4.67. The van der Waals surface area contributed by atoms with Crippen LogP contribution in [0.15, 0.2) is 60.8 Å². The predicted octanol–water partition coefficient (Wildman–Crippen LogP) is 3.82. The molecule has 0 spiro atoms. The standard InChI is InChI=1S/C20H14ClFN4O2/c21-15-8-13(6-7-16(15)22)17-9-18(27)26-19(25-17)14(11-24-26)20(28)23-10-12-4-2-1-3-5-12/h1-9,11,27H,10H2,(H,23,28). The van der Waals surface area contributed by atoms with Crippen LogP contribution in [0.4, 0.5) is 4.39 Å². The lowest BCUT2D eigenvalue weighted by Gasteiger charge is -2.07. The van der Waals surface area contributed by atoms with Gasteiger partial charge in [0, 0.05) is 18.2 Å². The number of hydrogen-bond donors (Lipinski definition) is 2. The first-order valence-corrected chi connectivity index (χ1v) is 8.76. The first-order valence-electron chi connectivity index (χ1n) is 8.38. The maximum absolute atomic E-state index is 13.4. The van der Waals surface area contributed by atoms with Crippen molar-refractivity contribution in [2.75, 3.05) is 0 Å². The summed E-state index contributed by atoms with van der Waals surface area (Å²) in [6.45, 7) is 0.344. The molecule has 28 heavy (non-hydrogen) atoms. The van der Waals surface area contributed by atoms with Gasteiger partial charge in [0.25, 0.3) is 5.91 Å². The minimum atomic E-state index is -0.555. The molecule has 0 saturated carbocycles. The normalized spacial score (nSPS) is 10.9. The maximum atomic E-state index is 13.4. The number of benzene rings is 2. The molecule has 1 amide bonds. The van der Waals surface area contributed by atoms with Gasteiger partial charge in [0.1, 0.15) is 11.4 Å². The van der Waals surface area contributed by atoms with Gasteiger partial charge in [-0.3, -0.25) is 4.79 Å². The van der Waals surface area contributed by atoms with Crippen molar-refractivity contribution in [3.05, 3.63) is 82.8 Å². The third-order valence-electron chi connectivity index (χ3n) is 4.21. The van der Waals surface area contributed by atoms with Crippen LogP contribution in [0.1, 0.15) is 15.9 Å². The molecule has 0 radical (unpaired) electrons. The number of carbonyl (C=O) groups excluding carboxylic acids is 1. The van der Waals surface area contributed by atoms with Crippen LogP contribution in [-0.2, 0) is 6.54 Å². The van der Waals surface area contributed by atoms with Crippen LogP contribution in [0, 0.1) is 5.82 Å². The SMILES string of the molecule is O=C(NCc1ccccc1)c1cnn2c(O)cc(-c3ccc(F)c(Cl)c3)nc12. The van der Waals surface area contributed by atoms with E-state index in [0.717, 1.165) is 10.1 Å². The van der Waals surface area contributed by atoms with E-state index in [1.165, 1.54) is 30.5 Å². The smallest absolute Gasteiger partial charge is 0.257 e. The number of aromatic nitrogens is 3. The summed E-state index contributed by atoms with van der Waals surface area (Å²) in [5.74, 6) is -1.14. The number of hydrogen-bond acceptors (Lipinski definition) is 4. The zero-order valence-corrected chi connectivity index (χ0v) is 15.2. The molecular weight excluding hydrogens is 383 g/mol. The van der Waals surface area contributed by atoms with E-state index >= 15 is 0 Å². The van der Waals surface area contributed by atoms with Crippen molar-refractivity contribution in [1.82, 2.24) is 19.9 Å². The molecule has 0 bridgehead atoms. The highest BCUT2D eigenvalue weighted by atomic mass is 35.5. The summed E-state index contributed by atoms with van der Waals surface area (Å²) in [7, 11) is 0. The van der Waals surface area contributed by atoms with Gasteiger partial charge in [0.05, 0.1) is 16.9 Å². The third kappa shape index (κ3) is 3.39. The molecule has 0 aliphatic heterocycles. The van der Waals surface area contributed by atoms with E-state index < -0.39 is 5.82 Å². The van der Waals surface area contributed by atoms with Gasteiger partial charge in [-0.15, -0.1) is 0 Å². The van der Waals surface area contributed by atoms with Crippen molar-refractivity contribution in [2.45, 2.75) is 6.54 Å². The first-order chi connectivity index (χ1) is 13.5. The lowest BCUT2D eigenvalue weighted by Crippen LogP contribution is -2.22. The monoisotopic (exact) mass is 396 g/mol. The lowest BCUT2D eigenvalue weighted by atomic mass is 10.1. The summed E-state index contributed by atoms with van der Waals surface area (Å²) in [5.41, 5.74) is 2.18. The highest BCUT2D eigenvalue weighted by Gasteiger charge is 2.18. The second kappa shape index (κ2) is 7.28. The van der Waals surface area contributed by atoms with Crippen molar-refractivity contribution in [1.29, 1.82) is 0 Å². The topological polar surface area (TPSA) is 79.5 Å². The van der Waals surface area contributed by atoms with Crippen molar-refractivity contribution >= 4 is 23.2 Å². The van der Waals surface area contributed by atoms with E-state index in [4.69, 9.17) is 11.6 Å². The fraction of sp³-hybridized carbons (Fsp3) is 0.0500. The van der Waals surface area contributed by atoms with Crippen LogP contribution >= 0.6 is 11.6 Å². The lowest BCUT2D eigenvalue weighted by molar-refractivity contribution is 0.0952. The zero-order valence-electron chi connectivity index (χ0n) is 14.4. The molecule has 0 aliphatic carbocycles.